The van der Waals surface area contributed by atoms with E-state index in [0.29, 0.717) is 16.9 Å². The molecule has 0 aliphatic rings. The number of nitrogens with zero attached hydrogens (tertiary/aromatic N) is 1. The fourth-order valence-corrected chi connectivity index (χ4v) is 5.80. The molecular formula is C34H48N4O8S. The van der Waals surface area contributed by atoms with Crippen LogP contribution < -0.4 is 16.0 Å². The van der Waals surface area contributed by atoms with Crippen LogP contribution in [0.3, 0.4) is 0 Å². The molecule has 3 rings (SSSR count). The van der Waals surface area contributed by atoms with Crippen molar-refractivity contribution >= 4 is 29.5 Å². The first kappa shape index (κ1) is 39.0. The Bertz CT molecular complexity index is 1340. The van der Waals surface area contributed by atoms with Gasteiger partial charge in [0.15, 0.2) is 0 Å². The molecule has 3 amide bonds. The minimum absolute atomic E-state index is 0. The highest BCUT2D eigenvalue weighted by atomic mass is 32.2. The zero-order valence-electron chi connectivity index (χ0n) is 26.6. The van der Waals surface area contributed by atoms with Crippen LogP contribution in [-0.4, -0.2) is 88.5 Å². The summed E-state index contributed by atoms with van der Waals surface area (Å²) in [4.78, 5) is 57.7. The highest BCUT2D eigenvalue weighted by Crippen LogP contribution is 2.16. The molecule has 13 heteroatoms. The van der Waals surface area contributed by atoms with Crippen LogP contribution in [0.15, 0.2) is 85.2 Å². The molecule has 1 heterocycles. The van der Waals surface area contributed by atoms with Gasteiger partial charge in [-0.25, -0.2) is 0 Å². The van der Waals surface area contributed by atoms with Crippen LogP contribution in [0.1, 0.15) is 55.3 Å². The Morgan fingerprint density at radius 3 is 2.09 bits per heavy atom. The van der Waals surface area contributed by atoms with Crippen LogP contribution in [0.25, 0.3) is 0 Å². The van der Waals surface area contributed by atoms with Gasteiger partial charge < -0.3 is 30.9 Å². The van der Waals surface area contributed by atoms with Gasteiger partial charge in [0.2, 0.25) is 5.91 Å². The largest absolute Gasteiger partial charge is 0.388 e. The highest BCUT2D eigenvalue weighted by Gasteiger charge is 2.35. The molecule has 0 spiro atoms. The number of thioether (sulfide) groups is 1. The van der Waals surface area contributed by atoms with Crippen LogP contribution in [0, 0.1) is 9.93 Å². The van der Waals surface area contributed by atoms with E-state index in [2.05, 4.69) is 27.9 Å². The Morgan fingerprint density at radius 1 is 0.851 bits per heavy atom. The number of carbonyl (C=O) groups excluding carboxylic acids is 3. The average molecular weight is 673 g/mol. The number of carbonyl (C=O) groups is 3. The Morgan fingerprint density at radius 2 is 1.47 bits per heavy atom. The molecule has 5 atom stereocenters. The van der Waals surface area contributed by atoms with E-state index in [4.69, 9.17) is 14.7 Å². The van der Waals surface area contributed by atoms with E-state index in [1.54, 1.807) is 60.4 Å². The molecule has 2 aromatic carbocycles. The number of methoxy groups -OCH3 is 1. The molecule has 0 bridgehead atoms. The van der Waals surface area contributed by atoms with Crippen LogP contribution in [-0.2, 0) is 16.0 Å². The number of pyridine rings is 1. The summed E-state index contributed by atoms with van der Waals surface area (Å²) in [7, 11) is 1.51. The summed E-state index contributed by atoms with van der Waals surface area (Å²) in [5.41, 5.74) is 1.55. The lowest BCUT2D eigenvalue weighted by molar-refractivity contribution is -0.125. The number of unbranched alkanes of at least 4 members (excludes halogenated alkanes) is 1. The molecule has 0 fully saturated rings. The van der Waals surface area contributed by atoms with Crippen molar-refractivity contribution in [3.05, 3.63) is 112 Å². The van der Waals surface area contributed by atoms with Crippen molar-refractivity contribution in [1.29, 1.82) is 0 Å². The maximum atomic E-state index is 13.8. The minimum atomic E-state index is -1.48. The summed E-state index contributed by atoms with van der Waals surface area (Å²) in [5, 5.41) is 31.5. The molecule has 0 unspecified atom stereocenters. The van der Waals surface area contributed by atoms with Gasteiger partial charge in [-0.05, 0) is 54.8 Å². The second-order valence-corrected chi connectivity index (χ2v) is 11.9. The Kier molecular flexibility index (Phi) is 18.6. The molecule has 0 aliphatic heterocycles. The third-order valence-electron chi connectivity index (χ3n) is 7.26. The SMILES string of the molecule is CCCCSC[C@@H](NC(=O)c1cccnc1)C(=O)N[C@@H](Cc1ccccc1)[C@@H](O)[C@H](O)[C@@H](CCOC)NC(=O)c1ccccc1.O=O.[HH].[HH]. The highest BCUT2D eigenvalue weighted by molar-refractivity contribution is 7.99. The minimum Gasteiger partial charge on any atom is -0.388 e. The zero-order valence-corrected chi connectivity index (χ0v) is 27.4. The van der Waals surface area contributed by atoms with Crippen LogP contribution in [0.5, 0.6) is 0 Å². The first-order chi connectivity index (χ1) is 22.8. The van der Waals surface area contributed by atoms with Gasteiger partial charge in [0.25, 0.3) is 11.8 Å². The number of ether oxygens (including phenoxy) is 1. The summed E-state index contributed by atoms with van der Waals surface area (Å²) in [6.45, 7) is 2.30. The molecule has 0 saturated carbocycles. The van der Waals surface area contributed by atoms with Crippen LogP contribution in [0.4, 0.5) is 0 Å². The van der Waals surface area contributed by atoms with Crippen molar-refractivity contribution in [2.24, 2.45) is 0 Å². The normalized spacial score (nSPS) is 13.9. The lowest BCUT2D eigenvalue weighted by atomic mass is 9.92. The summed E-state index contributed by atoms with van der Waals surface area (Å²) in [5.74, 6) is -0.208. The van der Waals surface area contributed by atoms with Gasteiger partial charge in [-0.1, -0.05) is 61.9 Å². The molecule has 47 heavy (non-hydrogen) atoms. The van der Waals surface area contributed by atoms with E-state index in [9.17, 15) is 24.6 Å². The standard InChI is InChI=1S/C34H44N4O6S.O2.2H2/c1-3-4-20-45-23-29(38-33(42)26-16-11-18-35-22-26)34(43)37-28(21-24-12-7-5-8-13-24)31(40)30(39)27(17-19-44-2)36-32(41)25-14-9-6-10-15-25;1-2;;/h5-16,18,22,27-31,39-40H,3-4,17,19-21,23H2,1-2H3,(H,36,41)(H,37,43)(H,38,42);;2*1H/t27-,28+,29-,30-,31-;;;/m1.../s1. The quantitative estimate of drug-likeness (QED) is 0.118. The van der Waals surface area contributed by atoms with Crippen molar-refractivity contribution < 1.29 is 32.2 Å². The smallest absolute Gasteiger partial charge is 0.253 e. The van der Waals surface area contributed by atoms with Gasteiger partial charge in [0.05, 0.1) is 17.6 Å². The van der Waals surface area contributed by atoms with Crippen molar-refractivity contribution in [3.63, 3.8) is 0 Å². The second kappa shape index (κ2) is 22.4. The average Bonchev–Trinajstić information content (AvgIpc) is 3.12. The number of hydrogen-bond donors (Lipinski definition) is 5. The van der Waals surface area contributed by atoms with E-state index in [1.807, 2.05) is 30.3 Å². The maximum absolute atomic E-state index is 13.8. The van der Waals surface area contributed by atoms with Gasteiger partial charge in [0.1, 0.15) is 18.2 Å². The summed E-state index contributed by atoms with van der Waals surface area (Å²) in [6, 6.07) is 18.4. The van der Waals surface area contributed by atoms with Crippen molar-refractivity contribution in [2.75, 3.05) is 25.2 Å². The third kappa shape index (κ3) is 13.6. The van der Waals surface area contributed by atoms with E-state index < -0.39 is 48.1 Å². The number of hydrogen-bond acceptors (Lipinski definition) is 10. The molecule has 0 aliphatic carbocycles. The number of nitrogens with one attached hydrogen (secondary N) is 3. The van der Waals surface area contributed by atoms with Gasteiger partial charge in [-0.2, -0.15) is 11.8 Å². The van der Waals surface area contributed by atoms with E-state index in [1.165, 1.54) is 13.3 Å². The lowest BCUT2D eigenvalue weighted by Crippen LogP contribution is -2.59. The van der Waals surface area contributed by atoms with Gasteiger partial charge in [-0.3, -0.25) is 19.4 Å². The molecule has 0 saturated heterocycles. The topological polar surface area (TPSA) is 184 Å². The number of amides is 3. The number of rotatable bonds is 19. The molecular weight excluding hydrogens is 624 g/mol. The first-order valence-corrected chi connectivity index (χ1v) is 16.5. The summed E-state index contributed by atoms with van der Waals surface area (Å²) < 4.78 is 5.21. The molecule has 258 valence electrons. The third-order valence-corrected chi connectivity index (χ3v) is 8.40. The van der Waals surface area contributed by atoms with Crippen molar-refractivity contribution in [1.82, 2.24) is 20.9 Å². The first-order valence-electron chi connectivity index (χ1n) is 15.3. The van der Waals surface area contributed by atoms with Crippen molar-refractivity contribution in [2.45, 2.75) is 62.9 Å². The van der Waals surface area contributed by atoms with Crippen LogP contribution >= 0.6 is 11.8 Å². The number of aromatic nitrogens is 1. The van der Waals surface area contributed by atoms with Crippen molar-refractivity contribution in [3.8, 4) is 0 Å². The van der Waals surface area contributed by atoms with Gasteiger partial charge >= 0.3 is 0 Å². The number of benzene rings is 2. The van der Waals surface area contributed by atoms with E-state index in [-0.39, 0.29) is 22.3 Å². The monoisotopic (exact) mass is 672 g/mol. The molecule has 12 nitrogen and oxygen atoms in total. The van der Waals surface area contributed by atoms with Gasteiger partial charge in [0, 0.05) is 50.2 Å². The lowest BCUT2D eigenvalue weighted by Gasteiger charge is -2.33. The number of aliphatic hydroxyl groups is 2. The molecule has 5 N–H and O–H groups in total. The molecule has 0 radical (unpaired) electrons. The Balaban J connectivity index is 0.00000565. The summed E-state index contributed by atoms with van der Waals surface area (Å²) >= 11 is 1.55. The van der Waals surface area contributed by atoms with Gasteiger partial charge in [-0.15, -0.1) is 0 Å². The van der Waals surface area contributed by atoms with Crippen LogP contribution in [0.2, 0.25) is 0 Å². The predicted molar refractivity (Wildman–Crippen MR) is 187 cm³/mol. The zero-order chi connectivity index (χ0) is 34.4. The number of aliphatic hydroxyl groups excluding tert-OH is 2. The van der Waals surface area contributed by atoms with E-state index in [0.717, 1.165) is 24.2 Å². The Hall–Kier alpha value is -4.17. The Labute approximate surface area is 282 Å². The summed E-state index contributed by atoms with van der Waals surface area (Å²) in [6.07, 6.45) is 2.44. The van der Waals surface area contributed by atoms with E-state index >= 15 is 0 Å². The molecule has 1 aromatic heterocycles. The fourth-order valence-electron chi connectivity index (χ4n) is 4.67. The molecule has 3 aromatic rings. The second-order valence-electron chi connectivity index (χ2n) is 10.7. The predicted octanol–water partition coefficient (Wildman–Crippen LogP) is 3.56. The fraction of sp³-hybridized carbons (Fsp3) is 0.412. The maximum Gasteiger partial charge on any atom is 0.253 e.